The summed E-state index contributed by atoms with van der Waals surface area (Å²) in [5, 5.41) is 6.46. The Hall–Kier alpha value is -4.71. The van der Waals surface area contributed by atoms with Crippen LogP contribution in [0.4, 0.5) is 5.69 Å². The molecule has 0 saturated heterocycles. The number of benzene rings is 4. The molecule has 7 rings (SSSR count). The predicted octanol–water partition coefficient (Wildman–Crippen LogP) is 9.84. The van der Waals surface area contributed by atoms with Gasteiger partial charge in [-0.3, -0.25) is 4.79 Å². The van der Waals surface area contributed by atoms with Crippen molar-refractivity contribution in [1.82, 2.24) is 9.97 Å². The highest BCUT2D eigenvalue weighted by atomic mass is 35.5. The Morgan fingerprint density at radius 2 is 1.40 bits per heavy atom. The van der Waals surface area contributed by atoms with Gasteiger partial charge in [-0.2, -0.15) is 0 Å². The van der Waals surface area contributed by atoms with Gasteiger partial charge in [0.2, 0.25) is 0 Å². The summed E-state index contributed by atoms with van der Waals surface area (Å²) in [6, 6.07) is 33.1. The summed E-state index contributed by atoms with van der Waals surface area (Å²) >= 11 is 12.5. The SMILES string of the molecule is O=C(Nc1ccccc1CC(c1c[nH]c2ccccc12)c1c[nH]c2ccccc12)c1ccc(-c2cc(Cl)ccc2Cl)o1. The smallest absolute Gasteiger partial charge is 0.291 e. The lowest BCUT2D eigenvalue weighted by Crippen LogP contribution is -2.14. The van der Waals surface area contributed by atoms with Gasteiger partial charge in [-0.15, -0.1) is 0 Å². The first kappa shape index (κ1) is 26.2. The van der Waals surface area contributed by atoms with E-state index in [1.54, 1.807) is 30.3 Å². The Morgan fingerprint density at radius 1 is 0.762 bits per heavy atom. The number of aromatic amines is 2. The Bertz CT molecular complexity index is 2000. The van der Waals surface area contributed by atoms with Gasteiger partial charge in [0.15, 0.2) is 5.76 Å². The standard InChI is InChI=1S/C35H25Cl2N3O2/c36-22-13-14-29(37)26(18-22)33-15-16-34(42-33)35(41)40-30-10-4-1-7-21(30)17-25(27-19-38-31-11-5-2-8-23(27)31)28-20-39-32-12-6-3-9-24(28)32/h1-16,18-20,25,38-39H,17H2,(H,40,41). The van der Waals surface area contributed by atoms with E-state index >= 15 is 0 Å². The fourth-order valence-electron chi connectivity index (χ4n) is 5.67. The van der Waals surface area contributed by atoms with Gasteiger partial charge in [-0.05, 0) is 71.6 Å². The average molecular weight is 591 g/mol. The maximum absolute atomic E-state index is 13.4. The van der Waals surface area contributed by atoms with Crippen molar-refractivity contribution >= 4 is 56.6 Å². The monoisotopic (exact) mass is 589 g/mol. The molecule has 0 saturated carbocycles. The third kappa shape index (κ3) is 4.87. The number of aromatic nitrogens is 2. The Balaban J connectivity index is 1.23. The number of halogens is 2. The number of rotatable bonds is 7. The lowest BCUT2D eigenvalue weighted by molar-refractivity contribution is 0.0997. The average Bonchev–Trinajstić information content (AvgIpc) is 3.77. The van der Waals surface area contributed by atoms with Crippen molar-refractivity contribution in [2.45, 2.75) is 12.3 Å². The second-order valence-electron chi connectivity index (χ2n) is 10.2. The molecule has 7 aromatic rings. The molecule has 3 heterocycles. The van der Waals surface area contributed by atoms with Gasteiger partial charge in [0.25, 0.3) is 5.91 Å². The van der Waals surface area contributed by atoms with Crippen LogP contribution in [-0.4, -0.2) is 15.9 Å². The zero-order chi connectivity index (χ0) is 28.6. The van der Waals surface area contributed by atoms with Crippen molar-refractivity contribution in [2.75, 3.05) is 5.32 Å². The van der Waals surface area contributed by atoms with Crippen molar-refractivity contribution in [2.24, 2.45) is 0 Å². The van der Waals surface area contributed by atoms with E-state index in [-0.39, 0.29) is 17.6 Å². The van der Waals surface area contributed by atoms with Crippen LogP contribution < -0.4 is 5.32 Å². The van der Waals surface area contributed by atoms with Crippen LogP contribution >= 0.6 is 23.2 Å². The van der Waals surface area contributed by atoms with Gasteiger partial charge in [0.1, 0.15) is 5.76 Å². The molecule has 0 aliphatic carbocycles. The molecule has 0 fully saturated rings. The van der Waals surface area contributed by atoms with Crippen LogP contribution in [0.2, 0.25) is 10.0 Å². The second kappa shape index (κ2) is 10.9. The third-order valence-electron chi connectivity index (χ3n) is 7.71. The summed E-state index contributed by atoms with van der Waals surface area (Å²) in [4.78, 5) is 20.3. The number of para-hydroxylation sites is 3. The fourth-order valence-corrected chi connectivity index (χ4v) is 6.05. The first-order valence-electron chi connectivity index (χ1n) is 13.6. The Morgan fingerprint density at radius 3 is 2.12 bits per heavy atom. The van der Waals surface area contributed by atoms with Crippen LogP contribution in [0.5, 0.6) is 0 Å². The van der Waals surface area contributed by atoms with Crippen LogP contribution in [-0.2, 0) is 6.42 Å². The molecule has 206 valence electrons. The Kier molecular flexibility index (Phi) is 6.82. The number of furan rings is 1. The van der Waals surface area contributed by atoms with Crippen LogP contribution in [0.1, 0.15) is 33.2 Å². The van der Waals surface area contributed by atoms with E-state index in [9.17, 15) is 4.79 Å². The highest BCUT2D eigenvalue weighted by Crippen LogP contribution is 2.38. The number of amides is 1. The van der Waals surface area contributed by atoms with Crippen LogP contribution in [0.3, 0.4) is 0 Å². The fraction of sp³-hybridized carbons (Fsp3) is 0.0571. The largest absolute Gasteiger partial charge is 0.451 e. The molecule has 0 aliphatic rings. The first-order valence-corrected chi connectivity index (χ1v) is 14.4. The highest BCUT2D eigenvalue weighted by molar-refractivity contribution is 6.35. The molecule has 0 spiro atoms. The van der Waals surface area contributed by atoms with Gasteiger partial charge < -0.3 is 19.7 Å². The molecule has 4 aromatic carbocycles. The number of hydrogen-bond donors (Lipinski definition) is 3. The van der Waals surface area contributed by atoms with E-state index in [0.717, 1.165) is 22.3 Å². The van der Waals surface area contributed by atoms with Crippen molar-refractivity contribution in [3.8, 4) is 11.3 Å². The maximum atomic E-state index is 13.4. The van der Waals surface area contributed by atoms with Gasteiger partial charge in [0, 0.05) is 56.4 Å². The summed E-state index contributed by atoms with van der Waals surface area (Å²) in [5.41, 5.74) is 6.95. The van der Waals surface area contributed by atoms with Crippen molar-refractivity contribution in [3.63, 3.8) is 0 Å². The molecule has 42 heavy (non-hydrogen) atoms. The number of carbonyl (C=O) groups excluding carboxylic acids is 1. The molecule has 3 aromatic heterocycles. The van der Waals surface area contributed by atoms with Gasteiger partial charge in [-0.1, -0.05) is 77.8 Å². The van der Waals surface area contributed by atoms with Gasteiger partial charge in [-0.25, -0.2) is 0 Å². The van der Waals surface area contributed by atoms with Crippen LogP contribution in [0, 0.1) is 0 Å². The summed E-state index contributed by atoms with van der Waals surface area (Å²) in [5.74, 6) is 0.332. The van der Waals surface area contributed by atoms with Gasteiger partial charge >= 0.3 is 0 Å². The van der Waals surface area contributed by atoms with E-state index in [4.69, 9.17) is 27.6 Å². The second-order valence-corrected chi connectivity index (χ2v) is 11.1. The molecular formula is C35H25Cl2N3O2. The summed E-state index contributed by atoms with van der Waals surface area (Å²) in [7, 11) is 0. The minimum atomic E-state index is -0.345. The summed E-state index contributed by atoms with van der Waals surface area (Å²) in [6.45, 7) is 0. The van der Waals surface area contributed by atoms with Crippen molar-refractivity contribution in [3.05, 3.63) is 148 Å². The molecule has 0 bridgehead atoms. The minimum absolute atomic E-state index is 0.0236. The highest BCUT2D eigenvalue weighted by Gasteiger charge is 2.24. The predicted molar refractivity (Wildman–Crippen MR) is 171 cm³/mol. The minimum Gasteiger partial charge on any atom is -0.451 e. The van der Waals surface area contributed by atoms with E-state index < -0.39 is 0 Å². The third-order valence-corrected chi connectivity index (χ3v) is 8.27. The molecule has 0 radical (unpaired) electrons. The van der Waals surface area contributed by atoms with E-state index in [0.29, 0.717) is 27.8 Å². The zero-order valence-corrected chi connectivity index (χ0v) is 23.8. The quantitative estimate of drug-likeness (QED) is 0.173. The first-order chi connectivity index (χ1) is 20.5. The molecule has 0 atom stereocenters. The molecule has 7 heteroatoms. The lowest BCUT2D eigenvalue weighted by Gasteiger charge is -2.19. The molecular weight excluding hydrogens is 565 g/mol. The maximum Gasteiger partial charge on any atom is 0.291 e. The van der Waals surface area contributed by atoms with Crippen LogP contribution in [0.25, 0.3) is 33.1 Å². The normalized spacial score (nSPS) is 11.5. The molecule has 3 N–H and O–H groups in total. The topological polar surface area (TPSA) is 73.8 Å². The van der Waals surface area contributed by atoms with Crippen molar-refractivity contribution < 1.29 is 9.21 Å². The molecule has 1 amide bonds. The summed E-state index contributed by atoms with van der Waals surface area (Å²) in [6.07, 6.45) is 4.87. The molecule has 0 aliphatic heterocycles. The Labute approximate surface area is 252 Å². The summed E-state index contributed by atoms with van der Waals surface area (Å²) < 4.78 is 5.91. The number of anilines is 1. The van der Waals surface area contributed by atoms with E-state index in [2.05, 4.69) is 70.1 Å². The number of carbonyl (C=O) groups is 1. The van der Waals surface area contributed by atoms with E-state index in [1.807, 2.05) is 30.3 Å². The van der Waals surface area contributed by atoms with Gasteiger partial charge in [0.05, 0.1) is 5.02 Å². The molecule has 5 nitrogen and oxygen atoms in total. The zero-order valence-electron chi connectivity index (χ0n) is 22.3. The van der Waals surface area contributed by atoms with E-state index in [1.165, 1.54) is 21.9 Å². The van der Waals surface area contributed by atoms with Crippen molar-refractivity contribution in [1.29, 1.82) is 0 Å². The molecule has 0 unspecified atom stereocenters. The number of hydrogen-bond acceptors (Lipinski definition) is 2. The number of nitrogens with one attached hydrogen (secondary N) is 3. The van der Waals surface area contributed by atoms with Crippen LogP contribution in [0.15, 0.2) is 120 Å². The number of fused-ring (bicyclic) bond motifs is 2. The number of H-pyrrole nitrogens is 2. The lowest BCUT2D eigenvalue weighted by atomic mass is 9.85.